The van der Waals surface area contributed by atoms with E-state index >= 15 is 4.57 Å². The van der Waals surface area contributed by atoms with Gasteiger partial charge in [0.15, 0.2) is 7.14 Å². The van der Waals surface area contributed by atoms with Crippen molar-refractivity contribution in [3.05, 3.63) is 140 Å². The Hall–Kier alpha value is -4.72. The van der Waals surface area contributed by atoms with Crippen LogP contribution in [0, 0.1) is 0 Å². The van der Waals surface area contributed by atoms with Gasteiger partial charge in [0, 0.05) is 32.1 Å². The van der Waals surface area contributed by atoms with Crippen LogP contribution in [-0.2, 0) is 4.57 Å². The first-order chi connectivity index (χ1) is 19.2. The Morgan fingerprint density at radius 1 is 0.538 bits per heavy atom. The second-order valence-electron chi connectivity index (χ2n) is 9.92. The topological polar surface area (TPSA) is 34.4 Å². The Morgan fingerprint density at radius 2 is 1.18 bits per heavy atom. The van der Waals surface area contributed by atoms with E-state index < -0.39 is 7.14 Å². The average molecular weight is 519 g/mol. The molecular formula is C35H23N2OP. The van der Waals surface area contributed by atoms with E-state index in [2.05, 4.69) is 71.1 Å². The zero-order chi connectivity index (χ0) is 26.0. The molecule has 0 saturated carbocycles. The van der Waals surface area contributed by atoms with Gasteiger partial charge in [-0.3, -0.25) is 4.40 Å². The molecule has 0 unspecified atom stereocenters. The largest absolute Gasteiger partial charge is 0.309 e. The molecule has 4 heteroatoms. The summed E-state index contributed by atoms with van der Waals surface area (Å²) in [6.07, 6.45) is 0. The summed E-state index contributed by atoms with van der Waals surface area (Å²) in [6, 6.07) is 47.2. The monoisotopic (exact) mass is 518 g/mol. The lowest BCUT2D eigenvalue weighted by molar-refractivity contribution is 0.592. The Morgan fingerprint density at radius 3 is 1.92 bits per heavy atom. The number of para-hydroxylation sites is 2. The predicted molar refractivity (Wildman–Crippen MR) is 165 cm³/mol. The summed E-state index contributed by atoms with van der Waals surface area (Å²) in [5.74, 6) is 0. The van der Waals surface area contributed by atoms with E-state index in [1.807, 2.05) is 72.8 Å². The van der Waals surface area contributed by atoms with Crippen LogP contribution in [0.5, 0.6) is 0 Å². The smallest absolute Gasteiger partial charge is 0.171 e. The molecule has 2 heterocycles. The van der Waals surface area contributed by atoms with E-state index in [1.165, 1.54) is 0 Å². The van der Waals surface area contributed by atoms with Crippen LogP contribution in [-0.4, -0.2) is 9.38 Å². The fraction of sp³-hybridized carbons (Fsp3) is 0. The molecule has 0 N–H and O–H groups in total. The average Bonchev–Trinajstić information content (AvgIpc) is 3.41. The Balaban J connectivity index is 1.66. The van der Waals surface area contributed by atoms with Gasteiger partial charge in [0.2, 0.25) is 0 Å². The number of benzene rings is 6. The van der Waals surface area contributed by atoms with Gasteiger partial charge in [0.1, 0.15) is 5.65 Å². The van der Waals surface area contributed by atoms with Gasteiger partial charge in [-0.15, -0.1) is 0 Å². The van der Waals surface area contributed by atoms with E-state index in [0.717, 1.165) is 65.0 Å². The molecule has 184 valence electrons. The van der Waals surface area contributed by atoms with Gasteiger partial charge >= 0.3 is 0 Å². The third-order valence-corrected chi connectivity index (χ3v) is 10.9. The van der Waals surface area contributed by atoms with Crippen molar-refractivity contribution in [2.24, 2.45) is 0 Å². The second kappa shape index (κ2) is 8.39. The highest BCUT2D eigenvalue weighted by molar-refractivity contribution is 7.85. The van der Waals surface area contributed by atoms with Gasteiger partial charge in [-0.1, -0.05) is 127 Å². The molecule has 0 aliphatic carbocycles. The Labute approximate surface area is 225 Å². The van der Waals surface area contributed by atoms with Gasteiger partial charge in [0.25, 0.3) is 0 Å². The van der Waals surface area contributed by atoms with E-state index in [9.17, 15) is 0 Å². The maximum absolute atomic E-state index is 15.7. The molecule has 0 aliphatic rings. The third-order valence-electron chi connectivity index (χ3n) is 7.82. The fourth-order valence-electron chi connectivity index (χ4n) is 6.10. The number of fused-ring (bicyclic) bond motifs is 10. The van der Waals surface area contributed by atoms with Crippen molar-refractivity contribution in [1.29, 1.82) is 0 Å². The number of hydrogen-bond acceptors (Lipinski definition) is 2. The molecule has 0 radical (unpaired) electrons. The summed E-state index contributed by atoms with van der Waals surface area (Å²) >= 11 is 0. The number of imidazole rings is 1. The summed E-state index contributed by atoms with van der Waals surface area (Å²) in [5, 5.41) is 7.92. The zero-order valence-electron chi connectivity index (χ0n) is 21.0. The second-order valence-corrected chi connectivity index (χ2v) is 12.7. The molecule has 2 aromatic heterocycles. The predicted octanol–water partition coefficient (Wildman–Crippen LogP) is 7.59. The van der Waals surface area contributed by atoms with Crippen LogP contribution in [0.2, 0.25) is 0 Å². The minimum Gasteiger partial charge on any atom is -0.309 e. The lowest BCUT2D eigenvalue weighted by Gasteiger charge is -2.23. The summed E-state index contributed by atoms with van der Waals surface area (Å²) in [4.78, 5) is 5.10. The van der Waals surface area contributed by atoms with Crippen LogP contribution >= 0.6 is 7.14 Å². The van der Waals surface area contributed by atoms with Crippen LogP contribution in [0.15, 0.2) is 140 Å². The lowest BCUT2D eigenvalue weighted by atomic mass is 10.0. The fourth-order valence-corrected chi connectivity index (χ4v) is 8.99. The van der Waals surface area contributed by atoms with Crippen LogP contribution < -0.4 is 15.9 Å². The molecule has 0 fully saturated rings. The highest BCUT2D eigenvalue weighted by Crippen LogP contribution is 2.46. The number of nitrogens with zero attached hydrogens (tertiary/aromatic N) is 2. The van der Waals surface area contributed by atoms with Gasteiger partial charge in [-0.2, -0.15) is 0 Å². The minimum absolute atomic E-state index is 0.827. The molecular weight excluding hydrogens is 495 g/mol. The Kier molecular flexibility index (Phi) is 4.79. The van der Waals surface area contributed by atoms with Crippen LogP contribution in [0.4, 0.5) is 0 Å². The van der Waals surface area contributed by atoms with Gasteiger partial charge in [-0.05, 0) is 22.9 Å². The molecule has 0 saturated heterocycles. The molecule has 0 bridgehead atoms. The highest BCUT2D eigenvalue weighted by Gasteiger charge is 2.32. The minimum atomic E-state index is -3.24. The van der Waals surface area contributed by atoms with E-state index in [4.69, 9.17) is 4.98 Å². The van der Waals surface area contributed by atoms with Crippen molar-refractivity contribution in [3.63, 3.8) is 0 Å². The number of rotatable bonds is 3. The van der Waals surface area contributed by atoms with Crippen molar-refractivity contribution < 1.29 is 4.57 Å². The van der Waals surface area contributed by atoms with Gasteiger partial charge in [0.05, 0.1) is 16.6 Å². The molecule has 8 rings (SSSR count). The molecule has 0 atom stereocenters. The van der Waals surface area contributed by atoms with Crippen LogP contribution in [0.1, 0.15) is 0 Å². The molecule has 6 aromatic carbocycles. The summed E-state index contributed by atoms with van der Waals surface area (Å²) in [6.45, 7) is 0. The first kappa shape index (κ1) is 22.3. The van der Waals surface area contributed by atoms with Crippen LogP contribution in [0.25, 0.3) is 49.1 Å². The van der Waals surface area contributed by atoms with Gasteiger partial charge in [-0.25, -0.2) is 4.98 Å². The lowest BCUT2D eigenvalue weighted by Crippen LogP contribution is -2.25. The SMILES string of the molecule is O=P(c1ccccc1)(c1ccccc1)c1cccc2ccc3c4ccccc4c4nc5ccccc5n4c3c12. The highest BCUT2D eigenvalue weighted by atomic mass is 31.2. The first-order valence-corrected chi connectivity index (χ1v) is 14.8. The zero-order valence-corrected chi connectivity index (χ0v) is 21.9. The van der Waals surface area contributed by atoms with E-state index in [0.29, 0.717) is 0 Å². The van der Waals surface area contributed by atoms with Crippen molar-refractivity contribution in [1.82, 2.24) is 9.38 Å². The molecule has 0 aliphatic heterocycles. The summed E-state index contributed by atoms with van der Waals surface area (Å²) in [7, 11) is -3.24. The number of hydrogen-bond donors (Lipinski definition) is 0. The standard InChI is InChI=1S/C35H23N2OP/c38-39(25-13-3-1-4-14-25,26-15-5-2-6-16-26)32-21-11-12-24-22-23-28-27-17-7-8-18-29(27)35-36-30-19-9-10-20-31(30)37(35)34(28)33(24)32/h1-23H. The molecule has 0 spiro atoms. The maximum atomic E-state index is 15.7. The molecule has 3 nitrogen and oxygen atoms in total. The molecule has 0 amide bonds. The van der Waals surface area contributed by atoms with Gasteiger partial charge < -0.3 is 4.57 Å². The summed E-state index contributed by atoms with van der Waals surface area (Å²) < 4.78 is 17.9. The number of pyridine rings is 1. The van der Waals surface area contributed by atoms with Crippen molar-refractivity contribution in [3.8, 4) is 0 Å². The maximum Gasteiger partial charge on any atom is 0.171 e. The molecule has 39 heavy (non-hydrogen) atoms. The van der Waals surface area contributed by atoms with Crippen molar-refractivity contribution in [2.45, 2.75) is 0 Å². The normalized spacial score (nSPS) is 12.2. The molecule has 8 aromatic rings. The van der Waals surface area contributed by atoms with E-state index in [1.54, 1.807) is 0 Å². The summed E-state index contributed by atoms with van der Waals surface area (Å²) in [5.41, 5.74) is 3.94. The van der Waals surface area contributed by atoms with E-state index in [-0.39, 0.29) is 0 Å². The first-order valence-electron chi connectivity index (χ1n) is 13.1. The van der Waals surface area contributed by atoms with Crippen molar-refractivity contribution >= 4 is 72.2 Å². The third kappa shape index (κ3) is 3.11. The number of aromatic nitrogens is 2. The van der Waals surface area contributed by atoms with Crippen molar-refractivity contribution in [2.75, 3.05) is 0 Å². The quantitative estimate of drug-likeness (QED) is 0.178. The Bertz CT molecular complexity index is 2210. The van der Waals surface area contributed by atoms with Crippen LogP contribution in [0.3, 0.4) is 0 Å².